The van der Waals surface area contributed by atoms with Crippen LogP contribution in [0.1, 0.15) is 17.3 Å². The molecule has 4 rings (SSSR count). The molecule has 1 aliphatic heterocycles. The second kappa shape index (κ2) is 8.75. The van der Waals surface area contributed by atoms with E-state index in [-0.39, 0.29) is 11.7 Å². The Hall–Kier alpha value is -3.57. The van der Waals surface area contributed by atoms with Crippen LogP contribution in [0.3, 0.4) is 0 Å². The van der Waals surface area contributed by atoms with Gasteiger partial charge in [-0.3, -0.25) is 9.78 Å². The van der Waals surface area contributed by atoms with Crippen LogP contribution >= 0.6 is 0 Å². The molecular formula is C22H22FN5O4S. The van der Waals surface area contributed by atoms with Gasteiger partial charge < -0.3 is 10.1 Å². The molecule has 0 bridgehead atoms. The van der Waals surface area contributed by atoms with Gasteiger partial charge in [0.05, 0.1) is 41.5 Å². The van der Waals surface area contributed by atoms with E-state index in [0.717, 1.165) is 10.6 Å². The van der Waals surface area contributed by atoms with Gasteiger partial charge in [-0.2, -0.15) is 5.10 Å². The maximum Gasteiger partial charge on any atom is 0.254 e. The van der Waals surface area contributed by atoms with Gasteiger partial charge in [0.25, 0.3) is 5.91 Å². The van der Waals surface area contributed by atoms with Gasteiger partial charge in [-0.1, -0.05) is 0 Å². The first-order chi connectivity index (χ1) is 15.7. The van der Waals surface area contributed by atoms with Crippen molar-refractivity contribution < 1.29 is 22.3 Å². The van der Waals surface area contributed by atoms with Gasteiger partial charge in [-0.05, 0) is 48.9 Å². The van der Waals surface area contributed by atoms with Crippen LogP contribution in [0.15, 0.2) is 66.8 Å². The first-order valence-corrected chi connectivity index (χ1v) is 11.8. The minimum atomic E-state index is -3.50. The van der Waals surface area contributed by atoms with Gasteiger partial charge in [0, 0.05) is 24.9 Å². The van der Waals surface area contributed by atoms with Crippen molar-refractivity contribution in [1.29, 1.82) is 0 Å². The number of aromatic nitrogens is 3. The van der Waals surface area contributed by atoms with Crippen molar-refractivity contribution in [1.82, 2.24) is 24.4 Å². The quantitative estimate of drug-likeness (QED) is 0.592. The van der Waals surface area contributed by atoms with Crippen LogP contribution < -0.4 is 5.32 Å². The molecule has 1 aromatic carbocycles. The Bertz CT molecular complexity index is 1370. The van der Waals surface area contributed by atoms with Crippen LogP contribution in [-0.4, -0.2) is 59.0 Å². The van der Waals surface area contributed by atoms with E-state index in [9.17, 15) is 17.6 Å². The second-order valence-corrected chi connectivity index (χ2v) is 9.44. The van der Waals surface area contributed by atoms with Gasteiger partial charge in [-0.25, -0.2) is 21.8 Å². The summed E-state index contributed by atoms with van der Waals surface area (Å²) in [5.41, 5.74) is 2.26. The number of carbonyl (C=O) groups excluding carboxylic acids is 1. The monoisotopic (exact) mass is 471 g/mol. The molecule has 172 valence electrons. The molecule has 11 heteroatoms. The van der Waals surface area contributed by atoms with Gasteiger partial charge in [0.1, 0.15) is 5.82 Å². The highest BCUT2D eigenvalue weighted by Gasteiger charge is 2.26. The zero-order valence-electron chi connectivity index (χ0n) is 18.1. The number of hydrogen-bond donors (Lipinski definition) is 1. The van der Waals surface area contributed by atoms with Gasteiger partial charge in [0.2, 0.25) is 10.0 Å². The molecule has 3 heterocycles. The fourth-order valence-electron chi connectivity index (χ4n) is 3.57. The van der Waals surface area contributed by atoms with Crippen molar-refractivity contribution >= 4 is 26.8 Å². The van der Waals surface area contributed by atoms with Gasteiger partial charge >= 0.3 is 0 Å². The summed E-state index contributed by atoms with van der Waals surface area (Å²) in [6, 6.07) is 5.40. The molecule has 1 amide bonds. The summed E-state index contributed by atoms with van der Waals surface area (Å²) >= 11 is 0. The van der Waals surface area contributed by atoms with E-state index in [1.165, 1.54) is 31.6 Å². The smallest absolute Gasteiger partial charge is 0.254 e. The summed E-state index contributed by atoms with van der Waals surface area (Å²) in [7, 11) is -2.09. The summed E-state index contributed by atoms with van der Waals surface area (Å²) in [5.74, 6) is -0.725. The minimum absolute atomic E-state index is 0.328. The lowest BCUT2D eigenvalue weighted by Gasteiger charge is -2.30. The van der Waals surface area contributed by atoms with Crippen molar-refractivity contribution in [2.24, 2.45) is 0 Å². The fourth-order valence-corrected chi connectivity index (χ4v) is 4.37. The molecule has 0 spiro atoms. The topological polar surface area (TPSA) is 106 Å². The maximum absolute atomic E-state index is 13.3. The van der Waals surface area contributed by atoms with E-state index in [1.54, 1.807) is 48.3 Å². The van der Waals surface area contributed by atoms with Crippen LogP contribution in [0, 0.1) is 5.82 Å². The Labute approximate surface area is 190 Å². The Balaban J connectivity index is 1.58. The zero-order chi connectivity index (χ0) is 23.8. The standard InChI is InChI=1S/C22H22FN5O4S/c1-14(15-8-9-27(33(3,30)31)21(10-15)32-2)26-22(29)19-11-24-13-20-18(19)12-25-28(20)17-6-4-16(23)5-7-17/h4-14,21H,1-3H3,(H,26,29)/t14?,21-/m0/s1. The number of carbonyl (C=O) groups is 1. The number of fused-ring (bicyclic) bond motifs is 1. The SMILES string of the molecule is CO[C@H]1C=C(C(C)NC(=O)c2cncc3c2cnn3-c2ccc(F)cc2)C=CN1S(C)(=O)=O. The summed E-state index contributed by atoms with van der Waals surface area (Å²) in [5, 5.41) is 7.82. The van der Waals surface area contributed by atoms with Crippen molar-refractivity contribution in [3.63, 3.8) is 0 Å². The second-order valence-electron chi connectivity index (χ2n) is 7.55. The maximum atomic E-state index is 13.3. The van der Waals surface area contributed by atoms with E-state index in [1.807, 2.05) is 0 Å². The largest absolute Gasteiger partial charge is 0.357 e. The van der Waals surface area contributed by atoms with E-state index in [2.05, 4.69) is 15.4 Å². The molecule has 0 radical (unpaired) electrons. The molecule has 2 aromatic heterocycles. The molecule has 9 nitrogen and oxygen atoms in total. The molecule has 1 unspecified atom stereocenters. The molecule has 3 aromatic rings. The van der Waals surface area contributed by atoms with Crippen LogP contribution in [0.4, 0.5) is 4.39 Å². The van der Waals surface area contributed by atoms with Gasteiger partial charge in [0.15, 0.2) is 6.23 Å². The third kappa shape index (κ3) is 4.50. The lowest BCUT2D eigenvalue weighted by atomic mass is 10.1. The predicted octanol–water partition coefficient (Wildman–Crippen LogP) is 2.37. The van der Waals surface area contributed by atoms with Crippen LogP contribution in [0.5, 0.6) is 0 Å². The van der Waals surface area contributed by atoms with E-state index in [4.69, 9.17) is 4.74 Å². The summed E-state index contributed by atoms with van der Waals surface area (Å²) < 4.78 is 45.0. The number of methoxy groups -OCH3 is 1. The number of sulfonamides is 1. The number of nitrogens with zero attached hydrogens (tertiary/aromatic N) is 4. The molecule has 33 heavy (non-hydrogen) atoms. The average Bonchev–Trinajstić information content (AvgIpc) is 3.22. The first-order valence-electron chi connectivity index (χ1n) is 9.99. The van der Waals surface area contributed by atoms with E-state index in [0.29, 0.717) is 27.7 Å². The zero-order valence-corrected chi connectivity index (χ0v) is 19.0. The number of nitrogens with one attached hydrogen (secondary N) is 1. The Morgan fingerprint density at radius 2 is 1.94 bits per heavy atom. The predicted molar refractivity (Wildman–Crippen MR) is 120 cm³/mol. The highest BCUT2D eigenvalue weighted by atomic mass is 32.2. The summed E-state index contributed by atoms with van der Waals surface area (Å²) in [4.78, 5) is 17.2. The molecule has 1 N–H and O–H groups in total. The molecule has 0 fully saturated rings. The van der Waals surface area contributed by atoms with Crippen LogP contribution in [-0.2, 0) is 14.8 Å². The third-order valence-corrected chi connectivity index (χ3v) is 6.38. The van der Waals surface area contributed by atoms with Crippen LogP contribution in [0.25, 0.3) is 16.6 Å². The van der Waals surface area contributed by atoms with Crippen LogP contribution in [0.2, 0.25) is 0 Å². The Morgan fingerprint density at radius 3 is 2.61 bits per heavy atom. The first kappa shape index (κ1) is 22.6. The number of amides is 1. The Morgan fingerprint density at radius 1 is 1.21 bits per heavy atom. The van der Waals surface area contributed by atoms with E-state index < -0.39 is 22.3 Å². The number of benzene rings is 1. The van der Waals surface area contributed by atoms with Crippen molar-refractivity contribution in [2.75, 3.05) is 13.4 Å². The normalized spacial score (nSPS) is 17.2. The van der Waals surface area contributed by atoms with Crippen molar-refractivity contribution in [3.05, 3.63) is 78.2 Å². The van der Waals surface area contributed by atoms with Crippen molar-refractivity contribution in [2.45, 2.75) is 19.2 Å². The van der Waals surface area contributed by atoms with Crippen molar-refractivity contribution in [3.8, 4) is 5.69 Å². The molecular weight excluding hydrogens is 449 g/mol. The average molecular weight is 472 g/mol. The number of rotatable bonds is 6. The third-order valence-electron chi connectivity index (χ3n) is 5.28. The number of hydrogen-bond acceptors (Lipinski definition) is 6. The fraction of sp³-hybridized carbons (Fsp3) is 0.227. The summed E-state index contributed by atoms with van der Waals surface area (Å²) in [6.07, 6.45) is 9.55. The number of pyridine rings is 1. The Kier molecular flexibility index (Phi) is 6.00. The number of ether oxygens (including phenoxy) is 1. The highest BCUT2D eigenvalue weighted by molar-refractivity contribution is 7.88. The lowest BCUT2D eigenvalue weighted by molar-refractivity contribution is 0.0724. The number of halogens is 1. The highest BCUT2D eigenvalue weighted by Crippen LogP contribution is 2.23. The minimum Gasteiger partial charge on any atom is -0.357 e. The molecule has 0 saturated heterocycles. The van der Waals surface area contributed by atoms with Gasteiger partial charge in [-0.15, -0.1) is 0 Å². The molecule has 2 atom stereocenters. The lowest BCUT2D eigenvalue weighted by Crippen LogP contribution is -2.40. The molecule has 0 aliphatic carbocycles. The van der Waals surface area contributed by atoms with E-state index >= 15 is 0 Å². The molecule has 0 saturated carbocycles. The molecule has 1 aliphatic rings. The summed E-state index contributed by atoms with van der Waals surface area (Å²) in [6.45, 7) is 1.78.